The van der Waals surface area contributed by atoms with Gasteiger partial charge in [0, 0.05) is 27.6 Å². The Balaban J connectivity index is 1.81. The number of ether oxygens (including phenoxy) is 1. The molecule has 0 bridgehead atoms. The molecule has 0 saturated heterocycles. The van der Waals surface area contributed by atoms with Crippen LogP contribution < -0.4 is 10.1 Å². The lowest BCUT2D eigenvalue weighted by Gasteiger charge is -2.24. The first-order valence-electron chi connectivity index (χ1n) is 8.46. The summed E-state index contributed by atoms with van der Waals surface area (Å²) < 4.78 is 31.5. The lowest BCUT2D eigenvalue weighted by molar-refractivity contribution is -0.116. The van der Waals surface area contributed by atoms with Gasteiger partial charge in [-0.1, -0.05) is 23.7 Å². The number of fused-ring (bicyclic) bond motifs is 1. The Morgan fingerprint density at radius 1 is 1.18 bits per heavy atom. The standard InChI is InChI=1S/C20H16ClNO4S2/c1-26-14-4-2-3-12(9-14)16-10-18(23)22-19-17(11-27-20(16)19)28(24,25)15-7-5-13(21)6-8-15/h2-9,11,16H,10H2,1H3,(H,22,23)/t16-/m1/s1. The van der Waals surface area contributed by atoms with Gasteiger partial charge < -0.3 is 10.1 Å². The van der Waals surface area contributed by atoms with Gasteiger partial charge in [-0.2, -0.15) is 0 Å². The molecule has 5 nitrogen and oxygen atoms in total. The highest BCUT2D eigenvalue weighted by Crippen LogP contribution is 2.46. The normalized spacial score (nSPS) is 16.4. The maximum atomic E-state index is 13.1. The molecule has 1 aliphatic heterocycles. The van der Waals surface area contributed by atoms with E-state index in [4.69, 9.17) is 16.3 Å². The molecule has 1 N–H and O–H groups in total. The second-order valence-corrected chi connectivity index (χ2v) is 9.64. The van der Waals surface area contributed by atoms with Crippen molar-refractivity contribution in [3.05, 3.63) is 69.4 Å². The van der Waals surface area contributed by atoms with E-state index in [1.54, 1.807) is 12.5 Å². The highest BCUT2D eigenvalue weighted by molar-refractivity contribution is 7.91. The van der Waals surface area contributed by atoms with Crippen LogP contribution in [0.4, 0.5) is 5.69 Å². The molecule has 1 amide bonds. The first kappa shape index (κ1) is 19.0. The fourth-order valence-corrected chi connectivity index (χ4v) is 6.30. The van der Waals surface area contributed by atoms with Gasteiger partial charge in [0.15, 0.2) is 0 Å². The van der Waals surface area contributed by atoms with Crippen LogP contribution in [0.25, 0.3) is 0 Å². The minimum atomic E-state index is -3.78. The summed E-state index contributed by atoms with van der Waals surface area (Å²) in [5, 5.41) is 4.81. The number of sulfone groups is 1. The number of thiophene rings is 1. The molecule has 0 fully saturated rings. The summed E-state index contributed by atoms with van der Waals surface area (Å²) in [6, 6.07) is 13.5. The van der Waals surface area contributed by atoms with Gasteiger partial charge in [-0.05, 0) is 42.0 Å². The first-order valence-corrected chi connectivity index (χ1v) is 11.2. The number of methoxy groups -OCH3 is 1. The monoisotopic (exact) mass is 433 g/mol. The fraction of sp³-hybridized carbons (Fsp3) is 0.150. The second-order valence-electron chi connectivity index (χ2n) is 6.38. The second kappa shape index (κ2) is 7.24. The Hall–Kier alpha value is -2.35. The summed E-state index contributed by atoms with van der Waals surface area (Å²) in [6.07, 6.45) is 0.251. The molecule has 1 atom stereocenters. The number of carbonyl (C=O) groups excluding carboxylic acids is 1. The van der Waals surface area contributed by atoms with Crippen molar-refractivity contribution < 1.29 is 17.9 Å². The number of nitrogens with one attached hydrogen (secondary N) is 1. The highest BCUT2D eigenvalue weighted by Gasteiger charge is 2.34. The van der Waals surface area contributed by atoms with Crippen LogP contribution in [0.5, 0.6) is 5.75 Å². The average molecular weight is 434 g/mol. The molecule has 144 valence electrons. The van der Waals surface area contributed by atoms with E-state index in [9.17, 15) is 13.2 Å². The van der Waals surface area contributed by atoms with Crippen LogP contribution >= 0.6 is 22.9 Å². The van der Waals surface area contributed by atoms with E-state index in [1.165, 1.54) is 35.6 Å². The fourth-order valence-electron chi connectivity index (χ4n) is 3.27. The van der Waals surface area contributed by atoms with E-state index >= 15 is 0 Å². The van der Waals surface area contributed by atoms with Gasteiger partial charge in [0.2, 0.25) is 15.7 Å². The molecule has 28 heavy (non-hydrogen) atoms. The quantitative estimate of drug-likeness (QED) is 0.646. The van der Waals surface area contributed by atoms with Gasteiger partial charge in [-0.25, -0.2) is 8.42 Å². The van der Waals surface area contributed by atoms with Crippen LogP contribution in [-0.4, -0.2) is 21.4 Å². The number of hydrogen-bond donors (Lipinski definition) is 1. The summed E-state index contributed by atoms with van der Waals surface area (Å²) in [5.74, 6) is 0.250. The number of benzene rings is 2. The van der Waals surface area contributed by atoms with E-state index in [0.717, 1.165) is 10.4 Å². The maximum Gasteiger partial charge on any atom is 0.225 e. The van der Waals surface area contributed by atoms with Gasteiger partial charge in [-0.3, -0.25) is 4.79 Å². The average Bonchev–Trinajstić information content (AvgIpc) is 3.12. The van der Waals surface area contributed by atoms with E-state index in [1.807, 2.05) is 24.3 Å². The highest BCUT2D eigenvalue weighted by atomic mass is 35.5. The van der Waals surface area contributed by atoms with Crippen molar-refractivity contribution in [2.45, 2.75) is 22.1 Å². The van der Waals surface area contributed by atoms with Crippen molar-refractivity contribution >= 4 is 44.4 Å². The summed E-state index contributed by atoms with van der Waals surface area (Å²) in [4.78, 5) is 13.4. The van der Waals surface area contributed by atoms with E-state index in [0.29, 0.717) is 16.5 Å². The number of carbonyl (C=O) groups is 1. The zero-order chi connectivity index (χ0) is 19.9. The number of amides is 1. The Morgan fingerprint density at radius 3 is 2.64 bits per heavy atom. The molecule has 3 aromatic rings. The van der Waals surface area contributed by atoms with Gasteiger partial charge in [0.25, 0.3) is 0 Å². The SMILES string of the molecule is COc1cccc([C@H]2CC(=O)Nc3c(S(=O)(=O)c4ccc(Cl)cc4)csc32)c1. The lowest BCUT2D eigenvalue weighted by atomic mass is 9.90. The van der Waals surface area contributed by atoms with Crippen molar-refractivity contribution in [2.75, 3.05) is 12.4 Å². The zero-order valence-electron chi connectivity index (χ0n) is 14.8. The van der Waals surface area contributed by atoms with Crippen LogP contribution in [0.1, 0.15) is 22.8 Å². The van der Waals surface area contributed by atoms with E-state index in [-0.39, 0.29) is 28.0 Å². The third-order valence-electron chi connectivity index (χ3n) is 4.67. The van der Waals surface area contributed by atoms with Crippen LogP contribution in [0.15, 0.2) is 63.7 Å². The van der Waals surface area contributed by atoms with Crippen molar-refractivity contribution in [1.82, 2.24) is 0 Å². The smallest absolute Gasteiger partial charge is 0.225 e. The molecule has 0 saturated carbocycles. The molecule has 2 heterocycles. The number of halogens is 1. The van der Waals surface area contributed by atoms with E-state index < -0.39 is 9.84 Å². The van der Waals surface area contributed by atoms with Crippen LogP contribution in [0.2, 0.25) is 5.02 Å². The maximum absolute atomic E-state index is 13.1. The predicted molar refractivity (Wildman–Crippen MR) is 109 cm³/mol. The van der Waals surface area contributed by atoms with Crippen molar-refractivity contribution in [2.24, 2.45) is 0 Å². The Morgan fingerprint density at radius 2 is 1.93 bits per heavy atom. The summed E-state index contributed by atoms with van der Waals surface area (Å²) >= 11 is 7.21. The molecule has 1 aliphatic rings. The summed E-state index contributed by atoms with van der Waals surface area (Å²) in [6.45, 7) is 0. The van der Waals surface area contributed by atoms with Gasteiger partial charge in [0.05, 0.1) is 17.7 Å². The Bertz CT molecular complexity index is 1150. The largest absolute Gasteiger partial charge is 0.497 e. The zero-order valence-corrected chi connectivity index (χ0v) is 17.2. The molecule has 1 aromatic heterocycles. The van der Waals surface area contributed by atoms with Crippen LogP contribution in [0, 0.1) is 0 Å². The Labute approximate surface area is 171 Å². The van der Waals surface area contributed by atoms with Gasteiger partial charge in [0.1, 0.15) is 10.6 Å². The molecule has 0 spiro atoms. The molecule has 8 heteroatoms. The van der Waals surface area contributed by atoms with Crippen LogP contribution in [0.3, 0.4) is 0 Å². The van der Waals surface area contributed by atoms with Crippen LogP contribution in [-0.2, 0) is 14.6 Å². The third-order valence-corrected chi connectivity index (χ3v) is 7.96. The minimum Gasteiger partial charge on any atom is -0.497 e. The topological polar surface area (TPSA) is 72.5 Å². The first-order chi connectivity index (χ1) is 13.4. The molecule has 0 unspecified atom stereocenters. The third kappa shape index (κ3) is 3.30. The van der Waals surface area contributed by atoms with E-state index in [2.05, 4.69) is 5.32 Å². The molecular formula is C20H16ClNO4S2. The van der Waals surface area contributed by atoms with Gasteiger partial charge >= 0.3 is 0 Å². The number of anilines is 1. The predicted octanol–water partition coefficient (Wildman–Crippen LogP) is 4.72. The number of rotatable bonds is 4. The van der Waals surface area contributed by atoms with Gasteiger partial charge in [-0.15, -0.1) is 11.3 Å². The molecule has 4 rings (SSSR count). The van der Waals surface area contributed by atoms with Crippen molar-refractivity contribution in [1.29, 1.82) is 0 Å². The summed E-state index contributed by atoms with van der Waals surface area (Å²) in [5.41, 5.74) is 1.27. The van der Waals surface area contributed by atoms with Crippen molar-refractivity contribution in [3.8, 4) is 5.75 Å². The molecule has 2 aromatic carbocycles. The Kier molecular flexibility index (Phi) is 4.91. The summed E-state index contributed by atoms with van der Waals surface area (Å²) in [7, 11) is -2.20. The number of hydrogen-bond acceptors (Lipinski definition) is 5. The molecule has 0 aliphatic carbocycles. The molecular weight excluding hydrogens is 418 g/mol. The lowest BCUT2D eigenvalue weighted by Crippen LogP contribution is -2.23. The molecule has 0 radical (unpaired) electrons. The minimum absolute atomic E-state index is 0.107. The van der Waals surface area contributed by atoms with Crippen molar-refractivity contribution in [3.63, 3.8) is 0 Å².